The normalized spacial score (nSPS) is 22.5. The molecule has 3 nitrogen and oxygen atoms in total. The molecule has 2 N–H and O–H groups in total. The van der Waals surface area contributed by atoms with E-state index in [1.54, 1.807) is 11.3 Å². The average Bonchev–Trinajstić information content (AvgIpc) is 2.58. The predicted molar refractivity (Wildman–Crippen MR) is 62.2 cm³/mol. The Balaban J connectivity index is 2.16. The standard InChI is InChI=1S/C9H14BrN3S/c1-9(2-4-13(11)5-3-9)8-12-7(10)6-14-8/h6H,2-5,11H2,1H3. The molecule has 0 saturated carbocycles. The largest absolute Gasteiger partial charge is 0.269 e. The third kappa shape index (κ3) is 2.00. The van der Waals surface area contributed by atoms with Crippen LogP contribution in [0.15, 0.2) is 9.98 Å². The lowest BCUT2D eigenvalue weighted by Crippen LogP contribution is -2.44. The van der Waals surface area contributed by atoms with Crippen LogP contribution in [0.1, 0.15) is 24.8 Å². The van der Waals surface area contributed by atoms with Gasteiger partial charge in [-0.2, -0.15) is 0 Å². The summed E-state index contributed by atoms with van der Waals surface area (Å²) in [4.78, 5) is 4.51. The van der Waals surface area contributed by atoms with Crippen molar-refractivity contribution in [3.05, 3.63) is 15.0 Å². The molecule has 2 heterocycles. The highest BCUT2D eigenvalue weighted by atomic mass is 79.9. The first-order chi connectivity index (χ1) is 6.60. The van der Waals surface area contributed by atoms with Gasteiger partial charge in [0, 0.05) is 23.9 Å². The SMILES string of the molecule is CC1(c2nc(Br)cs2)CCN(N)CC1. The molecule has 0 atom stereocenters. The number of piperidine rings is 1. The highest BCUT2D eigenvalue weighted by Crippen LogP contribution is 2.36. The Morgan fingerprint density at radius 1 is 1.57 bits per heavy atom. The summed E-state index contributed by atoms with van der Waals surface area (Å²) < 4.78 is 0.953. The van der Waals surface area contributed by atoms with E-state index >= 15 is 0 Å². The van der Waals surface area contributed by atoms with Crippen molar-refractivity contribution in [2.45, 2.75) is 25.2 Å². The number of hydrogen-bond donors (Lipinski definition) is 1. The topological polar surface area (TPSA) is 42.2 Å². The summed E-state index contributed by atoms with van der Waals surface area (Å²) in [6, 6.07) is 0. The highest BCUT2D eigenvalue weighted by Gasteiger charge is 2.33. The fraction of sp³-hybridized carbons (Fsp3) is 0.667. The monoisotopic (exact) mass is 275 g/mol. The quantitative estimate of drug-likeness (QED) is 0.799. The summed E-state index contributed by atoms with van der Waals surface area (Å²) in [5.41, 5.74) is 0.229. The molecule has 2 rings (SSSR count). The Kier molecular flexibility index (Phi) is 2.93. The minimum absolute atomic E-state index is 0.229. The lowest BCUT2D eigenvalue weighted by Gasteiger charge is -2.35. The van der Waals surface area contributed by atoms with E-state index < -0.39 is 0 Å². The van der Waals surface area contributed by atoms with Gasteiger partial charge in [0.2, 0.25) is 0 Å². The van der Waals surface area contributed by atoms with E-state index in [2.05, 4.69) is 33.2 Å². The summed E-state index contributed by atoms with van der Waals surface area (Å²) in [5.74, 6) is 5.75. The number of aromatic nitrogens is 1. The average molecular weight is 276 g/mol. The minimum atomic E-state index is 0.229. The molecule has 1 fully saturated rings. The lowest BCUT2D eigenvalue weighted by molar-refractivity contribution is 0.171. The number of thiazole rings is 1. The van der Waals surface area contributed by atoms with Crippen molar-refractivity contribution in [3.8, 4) is 0 Å². The van der Waals surface area contributed by atoms with Gasteiger partial charge in [0.25, 0.3) is 0 Å². The second-order valence-electron chi connectivity index (χ2n) is 4.07. The van der Waals surface area contributed by atoms with E-state index in [0.717, 1.165) is 30.5 Å². The maximum absolute atomic E-state index is 5.75. The van der Waals surface area contributed by atoms with Crippen LogP contribution in [0.3, 0.4) is 0 Å². The highest BCUT2D eigenvalue weighted by molar-refractivity contribution is 9.10. The third-order valence-corrected chi connectivity index (χ3v) is 4.75. The van der Waals surface area contributed by atoms with Gasteiger partial charge < -0.3 is 0 Å². The molecular weight excluding hydrogens is 262 g/mol. The number of nitrogens with zero attached hydrogens (tertiary/aromatic N) is 2. The van der Waals surface area contributed by atoms with Gasteiger partial charge in [0.1, 0.15) is 4.60 Å². The van der Waals surface area contributed by atoms with Crippen LogP contribution in [0.5, 0.6) is 0 Å². The van der Waals surface area contributed by atoms with E-state index in [1.807, 2.05) is 5.01 Å². The lowest BCUT2D eigenvalue weighted by atomic mass is 9.81. The zero-order chi connectivity index (χ0) is 10.2. The number of halogens is 1. The van der Waals surface area contributed by atoms with Crippen LogP contribution in [0.4, 0.5) is 0 Å². The summed E-state index contributed by atoms with van der Waals surface area (Å²) in [6.45, 7) is 4.21. The summed E-state index contributed by atoms with van der Waals surface area (Å²) in [5, 5.41) is 5.18. The van der Waals surface area contributed by atoms with Gasteiger partial charge in [-0.1, -0.05) is 6.92 Å². The third-order valence-electron chi connectivity index (χ3n) is 2.89. The minimum Gasteiger partial charge on any atom is -0.269 e. The van der Waals surface area contributed by atoms with Crippen molar-refractivity contribution in [1.82, 2.24) is 9.99 Å². The van der Waals surface area contributed by atoms with Gasteiger partial charge in [-0.15, -0.1) is 11.3 Å². The molecule has 78 valence electrons. The van der Waals surface area contributed by atoms with Crippen molar-refractivity contribution in [2.75, 3.05) is 13.1 Å². The van der Waals surface area contributed by atoms with Gasteiger partial charge in [0.05, 0.1) is 5.01 Å². The molecule has 0 aromatic carbocycles. The maximum atomic E-state index is 5.75. The van der Waals surface area contributed by atoms with Crippen LogP contribution in [0.25, 0.3) is 0 Å². The maximum Gasteiger partial charge on any atom is 0.117 e. The summed E-state index contributed by atoms with van der Waals surface area (Å²) in [7, 11) is 0. The molecule has 14 heavy (non-hydrogen) atoms. The summed E-state index contributed by atoms with van der Waals surface area (Å²) >= 11 is 5.14. The first-order valence-corrected chi connectivity index (χ1v) is 6.39. The molecule has 0 unspecified atom stereocenters. The van der Waals surface area contributed by atoms with Gasteiger partial charge in [-0.05, 0) is 28.8 Å². The number of hydrogen-bond acceptors (Lipinski definition) is 4. The van der Waals surface area contributed by atoms with Crippen LogP contribution in [0.2, 0.25) is 0 Å². The van der Waals surface area contributed by atoms with E-state index in [0.29, 0.717) is 0 Å². The molecule has 0 radical (unpaired) electrons. The van der Waals surface area contributed by atoms with Crippen LogP contribution in [-0.4, -0.2) is 23.1 Å². The molecule has 0 amide bonds. The van der Waals surface area contributed by atoms with Crippen molar-refractivity contribution in [3.63, 3.8) is 0 Å². The fourth-order valence-corrected chi connectivity index (χ4v) is 3.24. The first kappa shape index (κ1) is 10.5. The molecule has 1 aliphatic heterocycles. The molecule has 1 aliphatic rings. The van der Waals surface area contributed by atoms with Gasteiger partial charge >= 0.3 is 0 Å². The number of rotatable bonds is 1. The molecular formula is C9H14BrN3S. The molecule has 1 aromatic rings. The van der Waals surface area contributed by atoms with Gasteiger partial charge in [-0.3, -0.25) is 5.84 Å². The Morgan fingerprint density at radius 2 is 2.21 bits per heavy atom. The van der Waals surface area contributed by atoms with E-state index in [-0.39, 0.29) is 5.41 Å². The van der Waals surface area contributed by atoms with Crippen LogP contribution >= 0.6 is 27.3 Å². The van der Waals surface area contributed by atoms with Crippen LogP contribution < -0.4 is 5.84 Å². The summed E-state index contributed by atoms with van der Waals surface area (Å²) in [6.07, 6.45) is 2.20. The zero-order valence-electron chi connectivity index (χ0n) is 8.16. The molecule has 1 aromatic heterocycles. The van der Waals surface area contributed by atoms with Crippen molar-refractivity contribution in [1.29, 1.82) is 0 Å². The second kappa shape index (κ2) is 3.89. The van der Waals surface area contributed by atoms with Crippen molar-refractivity contribution >= 4 is 27.3 Å². The van der Waals surface area contributed by atoms with E-state index in [4.69, 9.17) is 5.84 Å². The van der Waals surface area contributed by atoms with Crippen molar-refractivity contribution in [2.24, 2.45) is 5.84 Å². The fourth-order valence-electron chi connectivity index (χ4n) is 1.76. The number of hydrazine groups is 1. The smallest absolute Gasteiger partial charge is 0.117 e. The van der Waals surface area contributed by atoms with Crippen molar-refractivity contribution < 1.29 is 0 Å². The van der Waals surface area contributed by atoms with Crippen LogP contribution in [-0.2, 0) is 5.41 Å². The molecule has 0 bridgehead atoms. The van der Waals surface area contributed by atoms with Crippen LogP contribution in [0, 0.1) is 0 Å². The Morgan fingerprint density at radius 3 is 2.71 bits per heavy atom. The molecule has 1 saturated heterocycles. The zero-order valence-corrected chi connectivity index (χ0v) is 10.6. The number of nitrogens with two attached hydrogens (primary N) is 1. The van der Waals surface area contributed by atoms with Gasteiger partial charge in [-0.25, -0.2) is 9.99 Å². The molecule has 0 aliphatic carbocycles. The Hall–Kier alpha value is 0.0300. The molecule has 5 heteroatoms. The van der Waals surface area contributed by atoms with Gasteiger partial charge in [0.15, 0.2) is 0 Å². The predicted octanol–water partition coefficient (Wildman–Crippen LogP) is 2.13. The Labute approximate surface area is 96.4 Å². The molecule has 0 spiro atoms. The van der Waals surface area contributed by atoms with E-state index in [1.165, 1.54) is 5.01 Å². The second-order valence-corrected chi connectivity index (χ2v) is 5.74. The first-order valence-electron chi connectivity index (χ1n) is 4.71. The Bertz CT molecular complexity index is 318. The van der Waals surface area contributed by atoms with E-state index in [9.17, 15) is 0 Å².